The van der Waals surface area contributed by atoms with E-state index < -0.39 is 0 Å². The number of nitrogen functional groups attached to an aromatic ring is 7. The molecule has 0 aliphatic heterocycles. The van der Waals surface area contributed by atoms with Crippen LogP contribution in [0.5, 0.6) is 0 Å². The molecule has 0 amide bonds. The molecule has 0 fully saturated rings. The van der Waals surface area contributed by atoms with Gasteiger partial charge in [-0.3, -0.25) is 0 Å². The van der Waals surface area contributed by atoms with Gasteiger partial charge in [0.1, 0.15) is 0 Å². The molecule has 0 saturated heterocycles. The quantitative estimate of drug-likeness (QED) is 0.0636. The third-order valence-electron chi connectivity index (χ3n) is 12.4. The van der Waals surface area contributed by atoms with E-state index in [0.717, 1.165) is 112 Å². The predicted octanol–water partition coefficient (Wildman–Crippen LogP) is 23.2. The van der Waals surface area contributed by atoms with Gasteiger partial charge >= 0.3 is 0 Å². The number of hydrogen-bond acceptors (Lipinski definition) is 12. The number of nitrogens with two attached hydrogens (primary N) is 7. The van der Waals surface area contributed by atoms with Gasteiger partial charge in [-0.25, -0.2) is 0 Å². The van der Waals surface area contributed by atoms with Crippen LogP contribution in [-0.4, -0.2) is 14.1 Å². The van der Waals surface area contributed by atoms with E-state index in [2.05, 4.69) is 44.8 Å². The largest absolute Gasteiger partial charge is 0.399 e. The van der Waals surface area contributed by atoms with E-state index in [-0.39, 0.29) is 0 Å². The van der Waals surface area contributed by atoms with Gasteiger partial charge in [-0.05, 0) is 146 Å². The summed E-state index contributed by atoms with van der Waals surface area (Å²) in [5.74, 6) is 0. The lowest BCUT2D eigenvalue weighted by atomic mass is 10.1. The molecule has 0 heterocycles. The molecule has 12 nitrogen and oxygen atoms in total. The lowest BCUT2D eigenvalue weighted by Gasteiger charge is -2.06. The molecule has 12 aromatic rings. The second kappa shape index (κ2) is 51.7. The summed E-state index contributed by atoms with van der Waals surface area (Å²) in [6, 6.07) is 88.9. The summed E-state index contributed by atoms with van der Waals surface area (Å²) < 4.78 is 0. The third kappa shape index (κ3) is 30.2. The van der Waals surface area contributed by atoms with Crippen LogP contribution in [0.2, 0.25) is 0 Å². The van der Waals surface area contributed by atoms with E-state index in [0.29, 0.717) is 0 Å². The highest BCUT2D eigenvalue weighted by Crippen LogP contribution is 2.29. The van der Waals surface area contributed by atoms with Crippen molar-refractivity contribution in [2.24, 2.45) is 0 Å². The zero-order valence-electron chi connectivity index (χ0n) is 59.0. The zero-order chi connectivity index (χ0) is 70.5. The number of para-hydroxylation sites is 3. The van der Waals surface area contributed by atoms with Crippen molar-refractivity contribution in [2.45, 2.75) is 96.9 Å². The van der Waals surface area contributed by atoms with Gasteiger partial charge in [-0.15, -0.1) is 0 Å². The predicted molar refractivity (Wildman–Crippen MR) is 430 cm³/mol. The molecular weight excluding hydrogens is 1150 g/mol. The van der Waals surface area contributed by atoms with E-state index in [1.165, 1.54) is 5.39 Å². The van der Waals surface area contributed by atoms with Crippen molar-refractivity contribution in [2.75, 3.05) is 80.8 Å². The summed E-state index contributed by atoms with van der Waals surface area (Å²) in [7, 11) is 3.83. The van der Waals surface area contributed by atoms with E-state index in [9.17, 15) is 0 Å². The average Bonchev–Trinajstić information content (AvgIpc) is 0.893. The molecule has 94 heavy (non-hydrogen) atoms. The minimum atomic E-state index is 0.778. The Morgan fingerprint density at radius 1 is 0.181 bits per heavy atom. The molecule has 12 aromatic carbocycles. The molecule has 0 atom stereocenters. The van der Waals surface area contributed by atoms with Crippen molar-refractivity contribution >= 4 is 118 Å². The second-order valence-corrected chi connectivity index (χ2v) is 18.1. The molecule has 0 aliphatic carbocycles. The molecule has 0 spiro atoms. The first-order chi connectivity index (χ1) is 46.0. The lowest BCUT2D eigenvalue weighted by molar-refractivity contribution is 1.49. The monoisotopic (exact) mass is 1260 g/mol. The van der Waals surface area contributed by atoms with Gasteiger partial charge in [0.2, 0.25) is 0 Å². The molecule has 0 bridgehead atoms. The van der Waals surface area contributed by atoms with Gasteiger partial charge in [0.25, 0.3) is 0 Å². The van der Waals surface area contributed by atoms with E-state index >= 15 is 0 Å². The van der Waals surface area contributed by atoms with Crippen LogP contribution in [0.3, 0.4) is 0 Å². The Hall–Kier alpha value is -11.0. The third-order valence-corrected chi connectivity index (χ3v) is 12.4. The van der Waals surface area contributed by atoms with Crippen LogP contribution in [0.25, 0.3) is 32.3 Å². The molecule has 12 heteroatoms. The first kappa shape index (κ1) is 83.0. The normalized spacial score (nSPS) is 8.94. The molecular formula is C82H112N12. The number of hydrogen-bond donors (Lipinski definition) is 12. The lowest BCUT2D eigenvalue weighted by Crippen LogP contribution is -1.91. The van der Waals surface area contributed by atoms with Gasteiger partial charge < -0.3 is 66.7 Å². The van der Waals surface area contributed by atoms with E-state index in [1.807, 2.05) is 366 Å². The number of nitrogens with one attached hydrogen (secondary N) is 5. The van der Waals surface area contributed by atoms with Crippen LogP contribution in [-0.2, 0) is 0 Å². The Morgan fingerprint density at radius 3 is 0.628 bits per heavy atom. The molecule has 0 radical (unpaired) electrons. The maximum atomic E-state index is 5.85. The number of rotatable bonds is 8. The summed E-state index contributed by atoms with van der Waals surface area (Å²) in [6.07, 6.45) is 0. The van der Waals surface area contributed by atoms with Gasteiger partial charge in [0.05, 0.1) is 0 Å². The van der Waals surface area contributed by atoms with Gasteiger partial charge in [-0.2, -0.15) is 0 Å². The van der Waals surface area contributed by atoms with Gasteiger partial charge in [-0.1, -0.05) is 224 Å². The van der Waals surface area contributed by atoms with Crippen LogP contribution in [0.1, 0.15) is 96.9 Å². The smallest absolute Gasteiger partial charge is 0.0418 e. The Balaban J connectivity index is 0.00000106. The molecule has 0 unspecified atom stereocenters. The van der Waals surface area contributed by atoms with E-state index in [1.54, 1.807) is 0 Å². The van der Waals surface area contributed by atoms with E-state index in [4.69, 9.17) is 40.1 Å². The van der Waals surface area contributed by atoms with Crippen LogP contribution in [0.4, 0.5) is 85.3 Å². The maximum Gasteiger partial charge on any atom is 0.0418 e. The second-order valence-electron chi connectivity index (χ2n) is 18.1. The maximum absolute atomic E-state index is 5.85. The number of anilines is 15. The van der Waals surface area contributed by atoms with Crippen LogP contribution < -0.4 is 66.7 Å². The molecule has 500 valence electrons. The fourth-order valence-corrected chi connectivity index (χ4v) is 8.19. The van der Waals surface area contributed by atoms with Crippen molar-refractivity contribution in [3.8, 4) is 0 Å². The summed E-state index contributed by atoms with van der Waals surface area (Å²) in [6.45, 7) is 28.0. The minimum Gasteiger partial charge on any atom is -0.399 e. The molecule has 0 saturated carbocycles. The topological polar surface area (TPSA) is 242 Å². The zero-order valence-corrected chi connectivity index (χ0v) is 59.0. The summed E-state index contributed by atoms with van der Waals surface area (Å²) >= 11 is 0. The van der Waals surface area contributed by atoms with Crippen molar-refractivity contribution in [3.05, 3.63) is 273 Å². The molecule has 0 aliphatic rings. The van der Waals surface area contributed by atoms with Crippen molar-refractivity contribution in [1.29, 1.82) is 0 Å². The van der Waals surface area contributed by atoms with Crippen molar-refractivity contribution in [3.63, 3.8) is 0 Å². The highest BCUT2D eigenvalue weighted by atomic mass is 14.9. The highest BCUT2D eigenvalue weighted by molar-refractivity contribution is 6.02. The molecule has 0 aromatic heterocycles. The molecule has 19 N–H and O–H groups in total. The van der Waals surface area contributed by atoms with Crippen LogP contribution >= 0.6 is 0 Å². The Morgan fingerprint density at radius 2 is 0.383 bits per heavy atom. The Kier molecular flexibility index (Phi) is 45.7. The average molecular weight is 1270 g/mol. The van der Waals surface area contributed by atoms with Crippen LogP contribution in [0.15, 0.2) is 273 Å². The number of benzene rings is 12. The van der Waals surface area contributed by atoms with Crippen molar-refractivity contribution < 1.29 is 0 Å². The fourth-order valence-electron chi connectivity index (χ4n) is 8.19. The first-order valence-electron chi connectivity index (χ1n) is 32.9. The van der Waals surface area contributed by atoms with Gasteiger partial charge in [0.15, 0.2) is 0 Å². The van der Waals surface area contributed by atoms with Crippen molar-refractivity contribution in [1.82, 2.24) is 0 Å². The number of fused-ring (bicyclic) bond motifs is 3. The highest BCUT2D eigenvalue weighted by Gasteiger charge is 2.02. The summed E-state index contributed by atoms with van der Waals surface area (Å²) in [5.41, 5.74) is 54.3. The van der Waals surface area contributed by atoms with Crippen LogP contribution in [0, 0.1) is 0 Å². The SMILES string of the molecule is CC.CC.CC.CC.CC.CC.CC.CNc1ccc(Nc2ccccc2)cc1.CNc1cccc2c(N)cccc12.Nc1ccc(Nc2ccccc2)cc1.Nc1ccc(Nc2ccccc2)cc1.Nc1cccc2c(N)cccc12.Nc1cccc2c(N)cccc12. The Labute approximate surface area is 565 Å². The summed E-state index contributed by atoms with van der Waals surface area (Å²) in [5, 5.41) is 22.5. The standard InChI is InChI=1S/C13H14N2.2C12H12N2.C11H12N2.2C10H10N2.7C2H6/c1-14-11-7-9-13(10-8-11)15-12-5-3-2-4-6-12;2*13-10-6-8-12(9-7-10)14-11-4-2-1-3-5-11;1-13-11-7-3-4-8-9(11)5-2-6-10(8)12;2*11-9-5-1-3-7-8(9)4-2-6-10(7)12;7*1-2/h2-10,14-15H,1H3;2*1-9,14H,13H2;2-7,13H,12H2,1H3;2*1-6H,11-12H2;7*1-2H3. The Bertz CT molecular complexity index is 3520. The minimum absolute atomic E-state index is 0.778. The summed E-state index contributed by atoms with van der Waals surface area (Å²) in [4.78, 5) is 0. The first-order valence-corrected chi connectivity index (χ1v) is 32.9. The molecule has 12 rings (SSSR count). The fraction of sp³-hybridized carbons (Fsp3) is 0.195. The van der Waals surface area contributed by atoms with Gasteiger partial charge in [0, 0.05) is 132 Å².